The lowest BCUT2D eigenvalue weighted by atomic mass is 9.78. The molecule has 114 valence electrons. The predicted octanol–water partition coefficient (Wildman–Crippen LogP) is 3.74. The van der Waals surface area contributed by atoms with Crippen LogP contribution in [0.5, 0.6) is 5.75 Å². The molecule has 1 aliphatic carbocycles. The Morgan fingerprint density at radius 2 is 1.90 bits per heavy atom. The molecule has 1 aromatic rings. The third-order valence-electron chi connectivity index (χ3n) is 3.83. The van der Waals surface area contributed by atoms with Crippen molar-refractivity contribution in [1.29, 1.82) is 0 Å². The molecule has 1 saturated carbocycles. The maximum atomic E-state index is 12.0. The zero-order chi connectivity index (χ0) is 15.8. The van der Waals surface area contributed by atoms with Crippen LogP contribution in [0.4, 0.5) is 0 Å². The van der Waals surface area contributed by atoms with Crippen LogP contribution in [0.25, 0.3) is 0 Å². The van der Waals surface area contributed by atoms with E-state index in [1.807, 2.05) is 33.8 Å². The van der Waals surface area contributed by atoms with Crippen LogP contribution in [0.15, 0.2) is 12.1 Å². The van der Waals surface area contributed by atoms with Gasteiger partial charge in [-0.2, -0.15) is 0 Å². The molecular formula is C17H22O3S. The van der Waals surface area contributed by atoms with Gasteiger partial charge in [-0.25, -0.2) is 0 Å². The van der Waals surface area contributed by atoms with E-state index in [0.29, 0.717) is 12.2 Å². The van der Waals surface area contributed by atoms with E-state index in [-0.39, 0.29) is 17.0 Å². The number of esters is 1. The number of thiol groups is 1. The van der Waals surface area contributed by atoms with Gasteiger partial charge >= 0.3 is 5.97 Å². The summed E-state index contributed by atoms with van der Waals surface area (Å²) in [5, 5.41) is -0.167. The van der Waals surface area contributed by atoms with Gasteiger partial charge in [0.05, 0.1) is 5.92 Å². The van der Waals surface area contributed by atoms with Crippen molar-refractivity contribution >= 4 is 23.7 Å². The minimum absolute atomic E-state index is 0.0493. The van der Waals surface area contributed by atoms with Crippen molar-refractivity contribution in [3.63, 3.8) is 0 Å². The fourth-order valence-corrected chi connectivity index (χ4v) is 3.25. The highest BCUT2D eigenvalue weighted by molar-refractivity contribution is 7.96. The number of aryl methyl sites for hydroxylation is 2. The molecule has 1 aromatic carbocycles. The SMILES string of the molecule is Cc1cc(C)c(C(C)(C)CC(=O)S)c(OC(=O)C2CC2)c1. The lowest BCUT2D eigenvalue weighted by Gasteiger charge is -2.28. The molecule has 0 heterocycles. The molecule has 3 nitrogen and oxygen atoms in total. The quantitative estimate of drug-likeness (QED) is 0.512. The Labute approximate surface area is 131 Å². The number of hydrogen-bond donors (Lipinski definition) is 1. The van der Waals surface area contributed by atoms with Gasteiger partial charge in [-0.05, 0) is 43.9 Å². The second-order valence-corrected chi connectivity index (χ2v) is 7.10. The molecule has 0 N–H and O–H groups in total. The number of ether oxygens (including phenoxy) is 1. The molecule has 0 amide bonds. The number of rotatable bonds is 5. The molecule has 0 aromatic heterocycles. The van der Waals surface area contributed by atoms with Crippen molar-refractivity contribution in [1.82, 2.24) is 0 Å². The molecule has 1 aliphatic rings. The Kier molecular flexibility index (Phi) is 4.47. The van der Waals surface area contributed by atoms with Crippen molar-refractivity contribution in [3.05, 3.63) is 28.8 Å². The largest absolute Gasteiger partial charge is 0.426 e. The number of benzene rings is 1. The van der Waals surface area contributed by atoms with Gasteiger partial charge in [-0.15, -0.1) is 12.6 Å². The fraction of sp³-hybridized carbons (Fsp3) is 0.529. The maximum Gasteiger partial charge on any atom is 0.314 e. The van der Waals surface area contributed by atoms with Crippen molar-refractivity contribution in [2.24, 2.45) is 5.92 Å². The zero-order valence-corrected chi connectivity index (χ0v) is 13.9. The molecule has 0 aliphatic heterocycles. The first-order valence-electron chi connectivity index (χ1n) is 7.26. The Balaban J connectivity index is 2.42. The molecule has 0 spiro atoms. The van der Waals surface area contributed by atoms with Crippen LogP contribution in [0.2, 0.25) is 0 Å². The van der Waals surface area contributed by atoms with Crippen LogP contribution in [0.1, 0.15) is 49.8 Å². The highest BCUT2D eigenvalue weighted by atomic mass is 32.1. The van der Waals surface area contributed by atoms with Gasteiger partial charge in [0.25, 0.3) is 0 Å². The van der Waals surface area contributed by atoms with Crippen molar-refractivity contribution in [2.75, 3.05) is 0 Å². The average molecular weight is 306 g/mol. The molecular weight excluding hydrogens is 284 g/mol. The monoisotopic (exact) mass is 306 g/mol. The second kappa shape index (κ2) is 5.84. The van der Waals surface area contributed by atoms with Crippen LogP contribution in [0.3, 0.4) is 0 Å². The van der Waals surface area contributed by atoms with Crippen LogP contribution in [-0.4, -0.2) is 11.1 Å². The van der Waals surface area contributed by atoms with Gasteiger partial charge in [0.2, 0.25) is 0 Å². The Hall–Kier alpha value is -1.29. The summed E-state index contributed by atoms with van der Waals surface area (Å²) < 4.78 is 5.62. The first kappa shape index (κ1) is 16.1. The summed E-state index contributed by atoms with van der Waals surface area (Å²) in [6.07, 6.45) is 2.13. The topological polar surface area (TPSA) is 43.4 Å². The minimum atomic E-state index is -0.421. The van der Waals surface area contributed by atoms with Crippen LogP contribution < -0.4 is 4.74 Å². The van der Waals surface area contributed by atoms with E-state index in [9.17, 15) is 9.59 Å². The standard InChI is InChI=1S/C17H22O3S/c1-10-7-11(2)15(17(3,4)9-14(18)21)13(8-10)20-16(19)12-5-6-12/h7-8,12H,5-6,9H2,1-4H3,(H,18,21). The molecule has 2 rings (SSSR count). The summed E-state index contributed by atoms with van der Waals surface area (Å²) in [7, 11) is 0. The molecule has 0 saturated heterocycles. The van der Waals surface area contributed by atoms with Gasteiger partial charge in [0.1, 0.15) is 5.75 Å². The second-order valence-electron chi connectivity index (χ2n) is 6.60. The molecule has 0 unspecified atom stereocenters. The summed E-state index contributed by atoms with van der Waals surface area (Å²) in [5.41, 5.74) is 2.58. The van der Waals surface area contributed by atoms with Crippen molar-refractivity contribution in [3.8, 4) is 5.75 Å². The summed E-state index contributed by atoms with van der Waals surface area (Å²) in [4.78, 5) is 23.4. The van der Waals surface area contributed by atoms with E-state index in [4.69, 9.17) is 4.74 Å². The highest BCUT2D eigenvalue weighted by Crippen LogP contribution is 2.39. The van der Waals surface area contributed by atoms with Gasteiger partial charge in [-0.3, -0.25) is 9.59 Å². The summed E-state index contributed by atoms with van der Waals surface area (Å²) in [5.74, 6) is 0.478. The third-order valence-corrected chi connectivity index (χ3v) is 3.99. The zero-order valence-electron chi connectivity index (χ0n) is 13.0. The smallest absolute Gasteiger partial charge is 0.314 e. The van der Waals surface area contributed by atoms with E-state index < -0.39 is 5.41 Å². The Morgan fingerprint density at radius 3 is 2.43 bits per heavy atom. The summed E-state index contributed by atoms with van der Waals surface area (Å²) in [6, 6.07) is 3.93. The molecule has 21 heavy (non-hydrogen) atoms. The average Bonchev–Trinajstić information content (AvgIpc) is 3.08. The van der Waals surface area contributed by atoms with Crippen molar-refractivity contribution in [2.45, 2.75) is 52.4 Å². The Bertz CT molecular complexity index is 586. The molecule has 0 bridgehead atoms. The van der Waals surface area contributed by atoms with Gasteiger partial charge in [0, 0.05) is 17.4 Å². The third kappa shape index (κ3) is 3.88. The molecule has 0 atom stereocenters. The normalized spacial score (nSPS) is 14.9. The summed E-state index contributed by atoms with van der Waals surface area (Å²) in [6.45, 7) is 7.92. The molecule has 4 heteroatoms. The van der Waals surface area contributed by atoms with Crippen LogP contribution >= 0.6 is 12.6 Å². The minimum Gasteiger partial charge on any atom is -0.426 e. The maximum absolute atomic E-state index is 12.0. The first-order valence-corrected chi connectivity index (χ1v) is 7.70. The molecule has 1 fully saturated rings. The van der Waals surface area contributed by atoms with Gasteiger partial charge in [0.15, 0.2) is 5.12 Å². The Morgan fingerprint density at radius 1 is 1.29 bits per heavy atom. The predicted molar refractivity (Wildman–Crippen MR) is 85.9 cm³/mol. The van der Waals surface area contributed by atoms with E-state index in [1.54, 1.807) is 0 Å². The van der Waals surface area contributed by atoms with E-state index in [1.165, 1.54) is 0 Å². The number of carbonyl (C=O) groups excluding carboxylic acids is 2. The highest BCUT2D eigenvalue weighted by Gasteiger charge is 2.34. The number of carbonyl (C=O) groups is 2. The number of hydrogen-bond acceptors (Lipinski definition) is 3. The lowest BCUT2D eigenvalue weighted by Crippen LogP contribution is -2.24. The van der Waals surface area contributed by atoms with Crippen LogP contribution in [-0.2, 0) is 15.0 Å². The fourth-order valence-electron chi connectivity index (χ4n) is 2.85. The lowest BCUT2D eigenvalue weighted by molar-refractivity contribution is -0.135. The van der Waals surface area contributed by atoms with E-state index >= 15 is 0 Å². The van der Waals surface area contributed by atoms with Crippen LogP contribution in [0, 0.1) is 19.8 Å². The summed E-state index contributed by atoms with van der Waals surface area (Å²) >= 11 is 3.90. The van der Waals surface area contributed by atoms with Gasteiger partial charge < -0.3 is 4.74 Å². The van der Waals surface area contributed by atoms with E-state index in [2.05, 4.69) is 18.7 Å². The van der Waals surface area contributed by atoms with E-state index in [0.717, 1.165) is 29.5 Å². The van der Waals surface area contributed by atoms with Crippen molar-refractivity contribution < 1.29 is 14.3 Å². The van der Waals surface area contributed by atoms with Gasteiger partial charge in [-0.1, -0.05) is 19.9 Å². The molecule has 0 radical (unpaired) electrons. The first-order chi connectivity index (χ1) is 9.70.